The van der Waals surface area contributed by atoms with E-state index < -0.39 is 0 Å². The van der Waals surface area contributed by atoms with Gasteiger partial charge in [-0.2, -0.15) is 0 Å². The van der Waals surface area contributed by atoms with E-state index in [0.717, 1.165) is 25.0 Å². The second-order valence-electron chi connectivity index (χ2n) is 3.85. The first-order valence-electron chi connectivity index (χ1n) is 5.38. The van der Waals surface area contributed by atoms with Crippen LogP contribution in [0.2, 0.25) is 0 Å². The molecule has 1 aliphatic carbocycles. The van der Waals surface area contributed by atoms with Crippen molar-refractivity contribution in [1.82, 2.24) is 0 Å². The lowest BCUT2D eigenvalue weighted by Gasteiger charge is -2.19. The molecular formula is C13H17NO. The smallest absolute Gasteiger partial charge is 0.0963 e. The van der Waals surface area contributed by atoms with Gasteiger partial charge in [-0.05, 0) is 42.2 Å². The minimum Gasteiger partial charge on any atom is -0.501 e. The van der Waals surface area contributed by atoms with Gasteiger partial charge >= 0.3 is 0 Å². The zero-order valence-electron chi connectivity index (χ0n) is 9.12. The Balaban J connectivity index is 2.32. The molecule has 80 valence electrons. The van der Waals surface area contributed by atoms with E-state index in [1.807, 2.05) is 0 Å². The van der Waals surface area contributed by atoms with Gasteiger partial charge in [-0.1, -0.05) is 18.2 Å². The van der Waals surface area contributed by atoms with Gasteiger partial charge in [0.05, 0.1) is 12.9 Å². The number of benzene rings is 1. The van der Waals surface area contributed by atoms with E-state index >= 15 is 0 Å². The normalized spacial score (nSPS) is 14.4. The summed E-state index contributed by atoms with van der Waals surface area (Å²) in [5.74, 6) is 1.08. The quantitative estimate of drug-likeness (QED) is 0.813. The molecule has 0 fully saturated rings. The predicted molar refractivity (Wildman–Crippen MR) is 61.7 cm³/mol. The summed E-state index contributed by atoms with van der Waals surface area (Å²) in [4.78, 5) is 0. The lowest BCUT2D eigenvalue weighted by molar-refractivity contribution is 0.279. The van der Waals surface area contributed by atoms with Crippen molar-refractivity contribution in [3.63, 3.8) is 0 Å². The van der Waals surface area contributed by atoms with Crippen molar-refractivity contribution in [2.75, 3.05) is 13.7 Å². The third-order valence-electron chi connectivity index (χ3n) is 2.95. The van der Waals surface area contributed by atoms with Gasteiger partial charge in [0.15, 0.2) is 0 Å². The molecule has 2 rings (SSSR count). The van der Waals surface area contributed by atoms with Gasteiger partial charge in [0, 0.05) is 6.42 Å². The van der Waals surface area contributed by atoms with Crippen LogP contribution >= 0.6 is 0 Å². The van der Waals surface area contributed by atoms with Gasteiger partial charge in [-0.25, -0.2) is 0 Å². The standard InChI is InChI=1S/C13H17NO/c1-15-12-6-5-10-3-2-4-11(7-8-14)13(10)9-12/h2-4,6H,5,7-9,14H2,1H3. The van der Waals surface area contributed by atoms with Crippen LogP contribution in [0.25, 0.3) is 0 Å². The van der Waals surface area contributed by atoms with Crippen molar-refractivity contribution in [2.24, 2.45) is 5.73 Å². The summed E-state index contributed by atoms with van der Waals surface area (Å²) in [7, 11) is 1.74. The van der Waals surface area contributed by atoms with Crippen molar-refractivity contribution in [3.8, 4) is 0 Å². The summed E-state index contributed by atoms with van der Waals surface area (Å²) in [5, 5.41) is 0. The van der Waals surface area contributed by atoms with Crippen LogP contribution in [0.3, 0.4) is 0 Å². The maximum Gasteiger partial charge on any atom is 0.0963 e. The Morgan fingerprint density at radius 1 is 1.40 bits per heavy atom. The molecule has 0 saturated heterocycles. The van der Waals surface area contributed by atoms with Crippen molar-refractivity contribution in [3.05, 3.63) is 46.7 Å². The average Bonchev–Trinajstić information content (AvgIpc) is 2.29. The van der Waals surface area contributed by atoms with Crippen LogP contribution in [0.5, 0.6) is 0 Å². The monoisotopic (exact) mass is 203 g/mol. The Kier molecular flexibility index (Phi) is 3.07. The molecule has 0 aliphatic heterocycles. The Labute approximate surface area is 90.7 Å². The van der Waals surface area contributed by atoms with Crippen LogP contribution in [0.4, 0.5) is 0 Å². The highest BCUT2D eigenvalue weighted by molar-refractivity contribution is 5.41. The van der Waals surface area contributed by atoms with Crippen LogP contribution in [0, 0.1) is 0 Å². The van der Waals surface area contributed by atoms with Crippen molar-refractivity contribution >= 4 is 0 Å². The van der Waals surface area contributed by atoms with Crippen LogP contribution in [-0.2, 0) is 24.0 Å². The molecule has 0 saturated carbocycles. The van der Waals surface area contributed by atoms with Crippen LogP contribution in [0.1, 0.15) is 16.7 Å². The highest BCUT2D eigenvalue weighted by Crippen LogP contribution is 2.24. The Morgan fingerprint density at radius 3 is 3.00 bits per heavy atom. The number of fused-ring (bicyclic) bond motifs is 1. The minimum atomic E-state index is 0.711. The van der Waals surface area contributed by atoms with E-state index in [0.29, 0.717) is 6.54 Å². The largest absolute Gasteiger partial charge is 0.501 e. The third kappa shape index (κ3) is 2.05. The molecule has 0 amide bonds. The second kappa shape index (κ2) is 4.49. The molecule has 1 aromatic rings. The zero-order chi connectivity index (χ0) is 10.7. The molecule has 0 bridgehead atoms. The molecular weight excluding hydrogens is 186 g/mol. The molecule has 2 N–H and O–H groups in total. The van der Waals surface area contributed by atoms with E-state index in [1.54, 1.807) is 7.11 Å². The lowest BCUT2D eigenvalue weighted by Crippen LogP contribution is -2.11. The Morgan fingerprint density at radius 2 is 2.27 bits per heavy atom. The number of hydrogen-bond acceptors (Lipinski definition) is 2. The lowest BCUT2D eigenvalue weighted by atomic mass is 9.90. The molecule has 2 heteroatoms. The second-order valence-corrected chi connectivity index (χ2v) is 3.85. The average molecular weight is 203 g/mol. The number of rotatable bonds is 3. The molecule has 0 atom stereocenters. The molecule has 0 spiro atoms. The molecule has 2 nitrogen and oxygen atoms in total. The first-order chi connectivity index (χ1) is 7.35. The van der Waals surface area contributed by atoms with E-state index in [4.69, 9.17) is 10.5 Å². The fourth-order valence-electron chi connectivity index (χ4n) is 2.12. The maximum absolute atomic E-state index is 5.61. The molecule has 0 aromatic heterocycles. The van der Waals surface area contributed by atoms with Gasteiger partial charge in [0.1, 0.15) is 0 Å². The van der Waals surface area contributed by atoms with Crippen molar-refractivity contribution < 1.29 is 4.74 Å². The predicted octanol–water partition coefficient (Wildman–Crippen LogP) is 1.82. The first kappa shape index (κ1) is 10.2. The topological polar surface area (TPSA) is 35.2 Å². The Bertz CT molecular complexity index is 382. The zero-order valence-corrected chi connectivity index (χ0v) is 9.12. The number of ether oxygens (including phenoxy) is 1. The highest BCUT2D eigenvalue weighted by Gasteiger charge is 2.14. The van der Waals surface area contributed by atoms with Crippen molar-refractivity contribution in [2.45, 2.75) is 19.3 Å². The van der Waals surface area contributed by atoms with Gasteiger partial charge < -0.3 is 10.5 Å². The van der Waals surface area contributed by atoms with E-state index in [-0.39, 0.29) is 0 Å². The van der Waals surface area contributed by atoms with E-state index in [9.17, 15) is 0 Å². The van der Waals surface area contributed by atoms with Gasteiger partial charge in [0.25, 0.3) is 0 Å². The number of hydrogen-bond donors (Lipinski definition) is 1. The molecule has 1 aromatic carbocycles. The molecule has 1 aliphatic rings. The number of nitrogens with two attached hydrogens (primary N) is 1. The summed E-state index contributed by atoms with van der Waals surface area (Å²) < 4.78 is 5.31. The highest BCUT2D eigenvalue weighted by atomic mass is 16.5. The summed E-state index contributed by atoms with van der Waals surface area (Å²) >= 11 is 0. The fourth-order valence-corrected chi connectivity index (χ4v) is 2.12. The third-order valence-corrected chi connectivity index (χ3v) is 2.95. The van der Waals surface area contributed by atoms with Gasteiger partial charge in [0.2, 0.25) is 0 Å². The summed E-state index contributed by atoms with van der Waals surface area (Å²) in [6.07, 6.45) is 5.02. The maximum atomic E-state index is 5.61. The summed E-state index contributed by atoms with van der Waals surface area (Å²) in [6.45, 7) is 0.711. The summed E-state index contributed by atoms with van der Waals surface area (Å²) in [5.41, 5.74) is 9.82. The fraction of sp³-hybridized carbons (Fsp3) is 0.385. The number of allylic oxidation sites excluding steroid dienone is 2. The number of methoxy groups -OCH3 is 1. The van der Waals surface area contributed by atoms with Crippen LogP contribution < -0.4 is 5.73 Å². The first-order valence-corrected chi connectivity index (χ1v) is 5.38. The van der Waals surface area contributed by atoms with Gasteiger partial charge in [-0.3, -0.25) is 0 Å². The van der Waals surface area contributed by atoms with E-state index in [1.165, 1.54) is 16.7 Å². The molecule has 15 heavy (non-hydrogen) atoms. The van der Waals surface area contributed by atoms with Crippen LogP contribution in [0.15, 0.2) is 30.0 Å². The Hall–Kier alpha value is -1.28. The minimum absolute atomic E-state index is 0.711. The van der Waals surface area contributed by atoms with E-state index in [2.05, 4.69) is 24.3 Å². The summed E-state index contributed by atoms with van der Waals surface area (Å²) in [6, 6.07) is 6.48. The van der Waals surface area contributed by atoms with Crippen molar-refractivity contribution in [1.29, 1.82) is 0 Å². The molecule has 0 radical (unpaired) electrons. The SMILES string of the molecule is COC1=CCc2cccc(CCN)c2C1. The van der Waals surface area contributed by atoms with Crippen LogP contribution in [-0.4, -0.2) is 13.7 Å². The molecule has 0 heterocycles. The van der Waals surface area contributed by atoms with Gasteiger partial charge in [-0.15, -0.1) is 0 Å². The molecule has 0 unspecified atom stereocenters.